The second-order valence-corrected chi connectivity index (χ2v) is 9.54. The average Bonchev–Trinajstić information content (AvgIpc) is 3.14. The average molecular weight is 435 g/mol. The number of benzene rings is 2. The van der Waals surface area contributed by atoms with E-state index < -0.39 is 0 Å². The fourth-order valence-corrected chi connectivity index (χ4v) is 5.79. The van der Waals surface area contributed by atoms with Crippen molar-refractivity contribution in [3.05, 3.63) is 53.5 Å². The van der Waals surface area contributed by atoms with Crippen LogP contribution < -0.4 is 10.2 Å². The highest BCUT2D eigenvalue weighted by molar-refractivity contribution is 7.18. The summed E-state index contributed by atoms with van der Waals surface area (Å²) < 4.78 is 1.22. The molecule has 7 heteroatoms. The molecule has 1 N–H and O–H groups in total. The van der Waals surface area contributed by atoms with Gasteiger partial charge >= 0.3 is 0 Å². The van der Waals surface area contributed by atoms with Gasteiger partial charge in [0.1, 0.15) is 0 Å². The molecule has 0 unspecified atom stereocenters. The molecule has 0 saturated carbocycles. The zero-order chi connectivity index (χ0) is 21.4. The standard InChI is InChI=1S/C24H26N4O2S/c1-16-13-22(29)25-18-8-2-4-10-20(18)28(16)23(30)15-27-12-6-7-17(14-27)24-26-19-9-3-5-11-21(19)31-24/h2-5,8-11,16-17H,6-7,12-15H2,1H3,(H,25,29)/t16-,17-/m1/s1. The van der Waals surface area contributed by atoms with Crippen molar-refractivity contribution in [3.63, 3.8) is 0 Å². The Bertz CT molecular complexity index is 1090. The SMILES string of the molecule is C[C@@H]1CC(=O)Nc2ccccc2N1C(=O)CN1CCC[C@@H](c2nc3ccccc3s2)C1. The van der Waals surface area contributed by atoms with Crippen molar-refractivity contribution in [1.29, 1.82) is 0 Å². The monoisotopic (exact) mass is 434 g/mol. The maximum Gasteiger partial charge on any atom is 0.241 e. The Kier molecular flexibility index (Phi) is 5.46. The van der Waals surface area contributed by atoms with Crippen LogP contribution in [-0.4, -0.2) is 47.4 Å². The number of rotatable bonds is 3. The Morgan fingerprint density at radius 3 is 2.87 bits per heavy atom. The second kappa shape index (κ2) is 8.40. The fraction of sp³-hybridized carbons (Fsp3) is 0.375. The van der Waals surface area contributed by atoms with Crippen molar-refractivity contribution >= 4 is 44.7 Å². The molecule has 2 aliphatic rings. The van der Waals surface area contributed by atoms with E-state index >= 15 is 0 Å². The van der Waals surface area contributed by atoms with Crippen molar-refractivity contribution in [3.8, 4) is 0 Å². The molecule has 1 aromatic heterocycles. The minimum absolute atomic E-state index is 0.0430. The molecule has 5 rings (SSSR count). The van der Waals surface area contributed by atoms with E-state index in [2.05, 4.69) is 28.4 Å². The van der Waals surface area contributed by atoms with Gasteiger partial charge in [0.15, 0.2) is 0 Å². The van der Waals surface area contributed by atoms with Gasteiger partial charge in [0, 0.05) is 24.9 Å². The molecule has 3 heterocycles. The minimum Gasteiger partial charge on any atom is -0.324 e. The van der Waals surface area contributed by atoms with Crippen LogP contribution in [0.1, 0.15) is 37.1 Å². The highest BCUT2D eigenvalue weighted by atomic mass is 32.1. The van der Waals surface area contributed by atoms with E-state index in [9.17, 15) is 9.59 Å². The van der Waals surface area contributed by atoms with Crippen molar-refractivity contribution in [2.75, 3.05) is 29.9 Å². The summed E-state index contributed by atoms with van der Waals surface area (Å²) in [6.07, 6.45) is 2.46. The second-order valence-electron chi connectivity index (χ2n) is 8.48. The molecule has 2 amide bonds. The number of carbonyl (C=O) groups excluding carboxylic acids is 2. The van der Waals surface area contributed by atoms with E-state index in [1.54, 1.807) is 16.2 Å². The van der Waals surface area contributed by atoms with Crippen LogP contribution in [0.15, 0.2) is 48.5 Å². The molecule has 2 aromatic carbocycles. The first-order chi connectivity index (χ1) is 15.1. The van der Waals surface area contributed by atoms with Crippen molar-refractivity contribution < 1.29 is 9.59 Å². The molecule has 0 radical (unpaired) electrons. The lowest BCUT2D eigenvalue weighted by Gasteiger charge is -2.34. The lowest BCUT2D eigenvalue weighted by molar-refractivity contribution is -0.120. The minimum atomic E-state index is -0.180. The normalized spacial score (nSPS) is 22.1. The van der Waals surface area contributed by atoms with Crippen LogP contribution >= 0.6 is 11.3 Å². The summed E-state index contributed by atoms with van der Waals surface area (Å²) in [6.45, 7) is 4.05. The Hall–Kier alpha value is -2.77. The summed E-state index contributed by atoms with van der Waals surface area (Å²) in [7, 11) is 0. The number of amides is 2. The number of likely N-dealkylation sites (tertiary alicyclic amines) is 1. The summed E-state index contributed by atoms with van der Waals surface area (Å²) in [5.74, 6) is 0.349. The van der Waals surface area contributed by atoms with E-state index in [0.717, 1.165) is 37.1 Å². The number of aromatic nitrogens is 1. The topological polar surface area (TPSA) is 65.5 Å². The smallest absolute Gasteiger partial charge is 0.241 e. The lowest BCUT2D eigenvalue weighted by Crippen LogP contribution is -2.47. The Labute approximate surface area is 185 Å². The van der Waals surface area contributed by atoms with Crippen LogP contribution in [0.25, 0.3) is 10.2 Å². The molecule has 1 saturated heterocycles. The van der Waals surface area contributed by atoms with Crippen molar-refractivity contribution in [2.24, 2.45) is 0 Å². The number of thiazole rings is 1. The first kappa shape index (κ1) is 20.2. The molecule has 160 valence electrons. The number of hydrogen-bond donors (Lipinski definition) is 1. The highest BCUT2D eigenvalue weighted by Gasteiger charge is 2.32. The lowest BCUT2D eigenvalue weighted by atomic mass is 9.98. The molecule has 2 aliphatic heterocycles. The van der Waals surface area contributed by atoms with Gasteiger partial charge in [0.05, 0.1) is 33.1 Å². The van der Waals surface area contributed by atoms with Gasteiger partial charge in [-0.15, -0.1) is 11.3 Å². The van der Waals surface area contributed by atoms with E-state index in [4.69, 9.17) is 4.98 Å². The van der Waals surface area contributed by atoms with Crippen LogP contribution in [0.5, 0.6) is 0 Å². The van der Waals surface area contributed by atoms with Gasteiger partial charge in [-0.1, -0.05) is 24.3 Å². The number of anilines is 2. The van der Waals surface area contributed by atoms with Gasteiger partial charge in [0.25, 0.3) is 0 Å². The number of hydrogen-bond acceptors (Lipinski definition) is 5. The summed E-state index contributed by atoms with van der Waals surface area (Å²) in [5.41, 5.74) is 2.55. The molecule has 0 spiro atoms. The summed E-state index contributed by atoms with van der Waals surface area (Å²) >= 11 is 1.77. The highest BCUT2D eigenvalue weighted by Crippen LogP contribution is 2.34. The maximum absolute atomic E-state index is 13.4. The summed E-state index contributed by atoms with van der Waals surface area (Å²) in [4.78, 5) is 34.5. The van der Waals surface area contributed by atoms with Gasteiger partial charge in [0.2, 0.25) is 11.8 Å². The number of piperidine rings is 1. The number of nitrogens with zero attached hydrogens (tertiary/aromatic N) is 3. The van der Waals surface area contributed by atoms with Gasteiger partial charge in [-0.3, -0.25) is 14.5 Å². The van der Waals surface area contributed by atoms with Crippen LogP contribution in [0.4, 0.5) is 11.4 Å². The van der Waals surface area contributed by atoms with Crippen LogP contribution in [0.3, 0.4) is 0 Å². The number of fused-ring (bicyclic) bond motifs is 2. The molecule has 6 nitrogen and oxygen atoms in total. The van der Waals surface area contributed by atoms with Crippen molar-refractivity contribution in [1.82, 2.24) is 9.88 Å². The molecular weight excluding hydrogens is 408 g/mol. The molecular formula is C24H26N4O2S. The third-order valence-corrected chi connectivity index (χ3v) is 7.35. The summed E-state index contributed by atoms with van der Waals surface area (Å²) in [5, 5.41) is 4.10. The molecule has 3 aromatic rings. The van der Waals surface area contributed by atoms with Gasteiger partial charge in [-0.05, 0) is 50.6 Å². The third-order valence-electron chi connectivity index (χ3n) is 6.15. The predicted molar refractivity (Wildman–Crippen MR) is 125 cm³/mol. The number of para-hydroxylation sites is 3. The first-order valence-corrected chi connectivity index (χ1v) is 11.7. The van der Waals surface area contributed by atoms with Crippen LogP contribution in [0.2, 0.25) is 0 Å². The number of nitrogens with one attached hydrogen (secondary N) is 1. The van der Waals surface area contributed by atoms with E-state index in [1.165, 1.54) is 9.71 Å². The zero-order valence-corrected chi connectivity index (χ0v) is 18.4. The fourth-order valence-electron chi connectivity index (χ4n) is 4.70. The molecule has 1 fully saturated rings. The van der Waals surface area contributed by atoms with Gasteiger partial charge in [-0.2, -0.15) is 0 Å². The molecule has 0 aliphatic carbocycles. The molecule has 2 atom stereocenters. The van der Waals surface area contributed by atoms with E-state index in [1.807, 2.05) is 37.3 Å². The quantitative estimate of drug-likeness (QED) is 0.670. The van der Waals surface area contributed by atoms with Gasteiger partial charge in [-0.25, -0.2) is 4.98 Å². The Balaban J connectivity index is 1.33. The largest absolute Gasteiger partial charge is 0.324 e. The Morgan fingerprint density at radius 2 is 2.00 bits per heavy atom. The van der Waals surface area contributed by atoms with Crippen molar-refractivity contribution in [2.45, 2.75) is 38.1 Å². The van der Waals surface area contributed by atoms with Crippen LogP contribution in [0, 0.1) is 0 Å². The van der Waals surface area contributed by atoms with E-state index in [-0.39, 0.29) is 17.9 Å². The predicted octanol–water partition coefficient (Wildman–Crippen LogP) is 4.24. The maximum atomic E-state index is 13.4. The number of carbonyl (C=O) groups is 2. The summed E-state index contributed by atoms with van der Waals surface area (Å²) in [6, 6.07) is 15.6. The van der Waals surface area contributed by atoms with E-state index in [0.29, 0.717) is 24.6 Å². The zero-order valence-electron chi connectivity index (χ0n) is 17.6. The molecule has 0 bridgehead atoms. The Morgan fingerprint density at radius 1 is 1.19 bits per heavy atom. The first-order valence-electron chi connectivity index (χ1n) is 10.9. The van der Waals surface area contributed by atoms with Crippen LogP contribution in [-0.2, 0) is 9.59 Å². The third kappa shape index (κ3) is 4.07. The molecule has 31 heavy (non-hydrogen) atoms. The van der Waals surface area contributed by atoms with Gasteiger partial charge < -0.3 is 10.2 Å².